The number of likely N-dealkylation sites (tertiary alicyclic amines) is 1. The van der Waals surface area contributed by atoms with Crippen molar-refractivity contribution in [2.75, 3.05) is 19.6 Å². The topological polar surface area (TPSA) is 63.5 Å². The van der Waals surface area contributed by atoms with Crippen molar-refractivity contribution in [3.05, 3.63) is 39.9 Å². The van der Waals surface area contributed by atoms with Gasteiger partial charge in [0, 0.05) is 17.7 Å². The molecule has 0 radical (unpaired) electrons. The minimum absolute atomic E-state index is 0. The van der Waals surface area contributed by atoms with Crippen molar-refractivity contribution < 1.29 is 22.1 Å². The number of carbonyl (C=O) groups excluding carboxylic acids is 1. The van der Waals surface area contributed by atoms with E-state index in [4.69, 9.17) is 0 Å². The highest BCUT2D eigenvalue weighted by atomic mass is 35.5. The van der Waals surface area contributed by atoms with Crippen LogP contribution in [-0.2, 0) is 0 Å². The summed E-state index contributed by atoms with van der Waals surface area (Å²) >= 11 is 0. The Morgan fingerprint density at radius 2 is 1.74 bits per heavy atom. The van der Waals surface area contributed by atoms with Crippen LogP contribution in [-0.4, -0.2) is 35.2 Å². The van der Waals surface area contributed by atoms with E-state index in [0.717, 1.165) is 25.9 Å². The van der Waals surface area contributed by atoms with Crippen LogP contribution in [0.25, 0.3) is 0 Å². The molecule has 0 atom stereocenters. The molecule has 104 valence electrons. The van der Waals surface area contributed by atoms with Crippen LogP contribution < -0.4 is 12.4 Å². The largest absolute Gasteiger partial charge is 1.00 e. The fourth-order valence-electron chi connectivity index (χ4n) is 2.18. The van der Waals surface area contributed by atoms with Gasteiger partial charge in [-0.05, 0) is 38.1 Å². The van der Waals surface area contributed by atoms with E-state index >= 15 is 0 Å². The van der Waals surface area contributed by atoms with Crippen LogP contribution in [0.2, 0.25) is 0 Å². The number of piperidine rings is 1. The normalized spacial score (nSPS) is 15.6. The van der Waals surface area contributed by atoms with Crippen molar-refractivity contribution in [3.63, 3.8) is 0 Å². The monoisotopic (exact) mass is 283 g/mol. The van der Waals surface area contributed by atoms with Crippen molar-refractivity contribution in [1.82, 2.24) is 4.90 Å². The molecule has 1 aromatic carbocycles. The van der Waals surface area contributed by atoms with Crippen LogP contribution in [0.1, 0.15) is 29.6 Å². The van der Waals surface area contributed by atoms with E-state index < -0.39 is 4.92 Å². The number of ketones is 1. The molecular formula is C13H16ClN2O3-. The Kier molecular flexibility index (Phi) is 5.92. The Morgan fingerprint density at radius 3 is 2.26 bits per heavy atom. The molecule has 6 heteroatoms. The number of halogens is 1. The second-order valence-corrected chi connectivity index (χ2v) is 4.56. The minimum atomic E-state index is -0.459. The Hall–Kier alpha value is -1.46. The van der Waals surface area contributed by atoms with Crippen LogP contribution in [0, 0.1) is 10.1 Å². The zero-order chi connectivity index (χ0) is 13.0. The number of nitro groups is 1. The van der Waals surface area contributed by atoms with Gasteiger partial charge in [-0.2, -0.15) is 0 Å². The molecule has 1 saturated heterocycles. The quantitative estimate of drug-likeness (QED) is 0.415. The third kappa shape index (κ3) is 4.29. The van der Waals surface area contributed by atoms with Crippen molar-refractivity contribution in [3.8, 4) is 0 Å². The summed E-state index contributed by atoms with van der Waals surface area (Å²) in [6.45, 7) is 2.36. The van der Waals surface area contributed by atoms with Crippen molar-refractivity contribution >= 4 is 11.5 Å². The minimum Gasteiger partial charge on any atom is -1.00 e. The molecule has 19 heavy (non-hydrogen) atoms. The van der Waals surface area contributed by atoms with Gasteiger partial charge >= 0.3 is 0 Å². The predicted molar refractivity (Wildman–Crippen MR) is 67.7 cm³/mol. The summed E-state index contributed by atoms with van der Waals surface area (Å²) < 4.78 is 0. The van der Waals surface area contributed by atoms with Gasteiger partial charge in [-0.15, -0.1) is 0 Å². The second-order valence-electron chi connectivity index (χ2n) is 4.56. The first-order chi connectivity index (χ1) is 8.66. The van der Waals surface area contributed by atoms with Crippen LogP contribution in [0.3, 0.4) is 0 Å². The molecule has 1 heterocycles. The van der Waals surface area contributed by atoms with Crippen molar-refractivity contribution in [1.29, 1.82) is 0 Å². The third-order valence-electron chi connectivity index (χ3n) is 3.22. The van der Waals surface area contributed by atoms with Gasteiger partial charge < -0.3 is 12.4 Å². The van der Waals surface area contributed by atoms with Gasteiger partial charge in [0.05, 0.1) is 11.5 Å². The molecule has 0 saturated carbocycles. The fourth-order valence-corrected chi connectivity index (χ4v) is 2.18. The summed E-state index contributed by atoms with van der Waals surface area (Å²) in [5, 5.41) is 10.5. The summed E-state index contributed by atoms with van der Waals surface area (Å²) in [7, 11) is 0. The van der Waals surface area contributed by atoms with Gasteiger partial charge in [-0.3, -0.25) is 19.8 Å². The number of Topliss-reactive ketones (excluding diaryl/α,β-unsaturated/α-hetero) is 1. The zero-order valence-electron chi connectivity index (χ0n) is 10.5. The van der Waals surface area contributed by atoms with Gasteiger partial charge in [-0.25, -0.2) is 0 Å². The lowest BCUT2D eigenvalue weighted by Gasteiger charge is -2.25. The summed E-state index contributed by atoms with van der Waals surface area (Å²) in [5.41, 5.74) is 0.565. The lowest BCUT2D eigenvalue weighted by molar-refractivity contribution is -0.384. The number of nitro benzene ring substituents is 1. The molecule has 2 rings (SSSR count). The lowest BCUT2D eigenvalue weighted by atomic mass is 10.1. The maximum absolute atomic E-state index is 12.0. The predicted octanol–water partition coefficient (Wildman–Crippen LogP) is -0.733. The molecule has 1 aliphatic heterocycles. The Bertz CT molecular complexity index is 442. The van der Waals surface area contributed by atoms with E-state index in [0.29, 0.717) is 12.1 Å². The van der Waals surface area contributed by atoms with E-state index in [1.165, 1.54) is 30.7 Å². The highest BCUT2D eigenvalue weighted by Gasteiger charge is 2.15. The molecule has 1 aliphatic rings. The first-order valence-electron chi connectivity index (χ1n) is 6.17. The number of rotatable bonds is 4. The standard InChI is InChI=1S/C13H16N2O3.ClH/c16-13(10-14-8-2-1-3-9-14)11-4-6-12(7-5-11)15(17)18;/h4-7H,1-3,8-10H2;1H/p-1. The SMILES string of the molecule is O=C(CN1CCCCC1)c1ccc([N+](=O)[O-])cc1.[Cl-]. The molecule has 0 bridgehead atoms. The summed E-state index contributed by atoms with van der Waals surface area (Å²) in [6, 6.07) is 5.82. The van der Waals surface area contributed by atoms with E-state index in [2.05, 4.69) is 4.90 Å². The Morgan fingerprint density at radius 1 is 1.16 bits per heavy atom. The van der Waals surface area contributed by atoms with Gasteiger partial charge in [0.1, 0.15) is 0 Å². The summed E-state index contributed by atoms with van der Waals surface area (Å²) in [5.74, 6) is 0.0341. The van der Waals surface area contributed by atoms with Crippen molar-refractivity contribution in [2.24, 2.45) is 0 Å². The molecule has 1 aromatic rings. The smallest absolute Gasteiger partial charge is 0.269 e. The number of nitrogens with zero attached hydrogens (tertiary/aromatic N) is 2. The molecule has 0 unspecified atom stereocenters. The maximum atomic E-state index is 12.0. The molecule has 0 spiro atoms. The van der Waals surface area contributed by atoms with Gasteiger partial charge in [-0.1, -0.05) is 6.42 Å². The lowest BCUT2D eigenvalue weighted by Crippen LogP contribution is -3.00. The maximum Gasteiger partial charge on any atom is 0.269 e. The molecule has 1 fully saturated rings. The molecule has 5 nitrogen and oxygen atoms in total. The average molecular weight is 284 g/mol. The average Bonchev–Trinajstić information content (AvgIpc) is 2.40. The van der Waals surface area contributed by atoms with Crippen LogP contribution in [0.15, 0.2) is 24.3 Å². The number of benzene rings is 1. The van der Waals surface area contributed by atoms with Crippen molar-refractivity contribution in [2.45, 2.75) is 19.3 Å². The summed E-state index contributed by atoms with van der Waals surface area (Å²) in [6.07, 6.45) is 3.53. The fraction of sp³-hybridized carbons (Fsp3) is 0.462. The van der Waals surface area contributed by atoms with E-state index in [-0.39, 0.29) is 23.9 Å². The van der Waals surface area contributed by atoms with Gasteiger partial charge in [0.2, 0.25) is 0 Å². The second kappa shape index (κ2) is 7.21. The Labute approximate surface area is 118 Å². The van der Waals surface area contributed by atoms with Crippen LogP contribution in [0.4, 0.5) is 5.69 Å². The number of hydrogen-bond acceptors (Lipinski definition) is 4. The van der Waals surface area contributed by atoms with E-state index in [9.17, 15) is 14.9 Å². The van der Waals surface area contributed by atoms with Gasteiger partial charge in [0.25, 0.3) is 5.69 Å². The number of carbonyl (C=O) groups is 1. The zero-order valence-corrected chi connectivity index (χ0v) is 11.3. The summed E-state index contributed by atoms with van der Waals surface area (Å²) in [4.78, 5) is 24.2. The van der Waals surface area contributed by atoms with Crippen LogP contribution >= 0.6 is 0 Å². The third-order valence-corrected chi connectivity index (χ3v) is 3.22. The highest BCUT2D eigenvalue weighted by Crippen LogP contribution is 2.14. The van der Waals surface area contributed by atoms with Crippen LogP contribution in [0.5, 0.6) is 0 Å². The molecule has 0 N–H and O–H groups in total. The first-order valence-corrected chi connectivity index (χ1v) is 6.17. The van der Waals surface area contributed by atoms with E-state index in [1.54, 1.807) is 0 Å². The number of hydrogen-bond donors (Lipinski definition) is 0. The molecule has 0 amide bonds. The van der Waals surface area contributed by atoms with Gasteiger partial charge in [0.15, 0.2) is 5.78 Å². The Balaban J connectivity index is 0.00000180. The van der Waals surface area contributed by atoms with E-state index in [1.807, 2.05) is 0 Å². The molecular weight excluding hydrogens is 268 g/mol. The molecule has 0 aromatic heterocycles. The molecule has 0 aliphatic carbocycles. The number of non-ortho nitro benzene ring substituents is 1. The first kappa shape index (κ1) is 15.6. The highest BCUT2D eigenvalue weighted by molar-refractivity contribution is 5.97.